The summed E-state index contributed by atoms with van der Waals surface area (Å²) < 4.78 is 0. The van der Waals surface area contributed by atoms with E-state index in [0.29, 0.717) is 5.91 Å². The Labute approximate surface area is 130 Å². The standard InChI is InChI=1S/C16H34N4O/c1-18(2)10-6-12-20(13-7-11-19(3)4)16(21)15-8-5-9-17-14-15/h15,17H,5-14H2,1-4H3/t15-/m1/s1. The lowest BCUT2D eigenvalue weighted by Gasteiger charge is -2.30. The summed E-state index contributed by atoms with van der Waals surface area (Å²) in [5, 5.41) is 3.36. The number of nitrogens with zero attached hydrogens (tertiary/aromatic N) is 3. The fraction of sp³-hybridized carbons (Fsp3) is 0.938. The summed E-state index contributed by atoms with van der Waals surface area (Å²) in [4.78, 5) is 19.2. The molecule has 5 heteroatoms. The number of piperidine rings is 1. The molecule has 0 radical (unpaired) electrons. The Balaban J connectivity index is 2.45. The third-order valence-electron chi connectivity index (χ3n) is 4.02. The lowest BCUT2D eigenvalue weighted by atomic mass is 9.98. The molecule has 0 aromatic heterocycles. The van der Waals surface area contributed by atoms with E-state index in [2.05, 4.69) is 48.2 Å². The molecule has 0 aromatic carbocycles. The van der Waals surface area contributed by atoms with Crippen LogP contribution in [0, 0.1) is 5.92 Å². The molecule has 0 saturated carbocycles. The highest BCUT2D eigenvalue weighted by atomic mass is 16.2. The minimum Gasteiger partial charge on any atom is -0.342 e. The molecule has 0 aromatic rings. The van der Waals surface area contributed by atoms with Gasteiger partial charge in [-0.25, -0.2) is 0 Å². The Hall–Kier alpha value is -0.650. The summed E-state index contributed by atoms with van der Waals surface area (Å²) in [7, 11) is 8.35. The highest BCUT2D eigenvalue weighted by Crippen LogP contribution is 2.14. The minimum atomic E-state index is 0.192. The normalized spacial score (nSPS) is 19.2. The fourth-order valence-electron chi connectivity index (χ4n) is 2.81. The van der Waals surface area contributed by atoms with Crippen LogP contribution in [-0.2, 0) is 4.79 Å². The molecule has 1 aliphatic rings. The molecular formula is C16H34N4O. The van der Waals surface area contributed by atoms with Gasteiger partial charge in [-0.1, -0.05) is 0 Å². The largest absolute Gasteiger partial charge is 0.342 e. The molecule has 1 N–H and O–H groups in total. The second-order valence-corrected chi connectivity index (χ2v) is 6.68. The van der Waals surface area contributed by atoms with E-state index >= 15 is 0 Å². The predicted octanol–water partition coefficient (Wildman–Crippen LogP) is 0.718. The van der Waals surface area contributed by atoms with Crippen molar-refractivity contribution >= 4 is 5.91 Å². The van der Waals surface area contributed by atoms with Crippen LogP contribution in [0.1, 0.15) is 25.7 Å². The average molecular weight is 298 g/mol. The summed E-state index contributed by atoms with van der Waals surface area (Å²) in [5.41, 5.74) is 0. The van der Waals surface area contributed by atoms with E-state index in [0.717, 1.165) is 65.0 Å². The zero-order chi connectivity index (χ0) is 15.7. The van der Waals surface area contributed by atoms with Gasteiger partial charge in [0, 0.05) is 19.6 Å². The summed E-state index contributed by atoms with van der Waals surface area (Å²) in [6.45, 7) is 5.78. The highest BCUT2D eigenvalue weighted by molar-refractivity contribution is 5.79. The molecular weight excluding hydrogens is 264 g/mol. The monoisotopic (exact) mass is 298 g/mol. The molecule has 5 nitrogen and oxygen atoms in total. The van der Waals surface area contributed by atoms with Crippen LogP contribution >= 0.6 is 0 Å². The van der Waals surface area contributed by atoms with Crippen LogP contribution in [0.25, 0.3) is 0 Å². The Kier molecular flexibility index (Phi) is 8.88. The van der Waals surface area contributed by atoms with Gasteiger partial charge < -0.3 is 20.0 Å². The van der Waals surface area contributed by atoms with E-state index in [1.54, 1.807) is 0 Å². The molecule has 0 aliphatic carbocycles. The van der Waals surface area contributed by atoms with Crippen molar-refractivity contribution in [3.8, 4) is 0 Å². The summed E-state index contributed by atoms with van der Waals surface area (Å²) in [6, 6.07) is 0. The molecule has 124 valence electrons. The third-order valence-corrected chi connectivity index (χ3v) is 4.02. The highest BCUT2D eigenvalue weighted by Gasteiger charge is 2.25. The number of hydrogen-bond donors (Lipinski definition) is 1. The number of carbonyl (C=O) groups is 1. The van der Waals surface area contributed by atoms with E-state index in [1.165, 1.54) is 0 Å². The molecule has 1 saturated heterocycles. The number of carbonyl (C=O) groups excluding carboxylic acids is 1. The van der Waals surface area contributed by atoms with Crippen molar-refractivity contribution in [1.29, 1.82) is 0 Å². The van der Waals surface area contributed by atoms with Gasteiger partial charge in [-0.05, 0) is 73.5 Å². The first kappa shape index (κ1) is 18.4. The molecule has 0 bridgehead atoms. The maximum Gasteiger partial charge on any atom is 0.226 e. The zero-order valence-corrected chi connectivity index (χ0v) is 14.4. The SMILES string of the molecule is CN(C)CCCN(CCCN(C)C)C(=O)[C@@H]1CCCNC1. The van der Waals surface area contributed by atoms with Crippen LogP contribution in [-0.4, -0.2) is 88.1 Å². The van der Waals surface area contributed by atoms with Gasteiger partial charge in [0.05, 0.1) is 5.92 Å². The molecule has 1 heterocycles. The Morgan fingerprint density at radius 1 is 1.00 bits per heavy atom. The molecule has 1 atom stereocenters. The van der Waals surface area contributed by atoms with Gasteiger partial charge >= 0.3 is 0 Å². The van der Waals surface area contributed by atoms with Crippen LogP contribution in [0.15, 0.2) is 0 Å². The lowest BCUT2D eigenvalue weighted by molar-refractivity contribution is -0.136. The van der Waals surface area contributed by atoms with Crippen molar-refractivity contribution in [3.63, 3.8) is 0 Å². The lowest BCUT2D eigenvalue weighted by Crippen LogP contribution is -2.44. The first-order chi connectivity index (χ1) is 10.0. The topological polar surface area (TPSA) is 38.8 Å². The molecule has 21 heavy (non-hydrogen) atoms. The molecule has 0 spiro atoms. The maximum atomic E-state index is 12.7. The smallest absolute Gasteiger partial charge is 0.226 e. The fourth-order valence-corrected chi connectivity index (χ4v) is 2.81. The van der Waals surface area contributed by atoms with Gasteiger partial charge in [-0.2, -0.15) is 0 Å². The van der Waals surface area contributed by atoms with Crippen LogP contribution < -0.4 is 5.32 Å². The second-order valence-electron chi connectivity index (χ2n) is 6.68. The van der Waals surface area contributed by atoms with E-state index < -0.39 is 0 Å². The Morgan fingerprint density at radius 2 is 1.57 bits per heavy atom. The summed E-state index contributed by atoms with van der Waals surface area (Å²) >= 11 is 0. The van der Waals surface area contributed by atoms with Gasteiger partial charge in [0.15, 0.2) is 0 Å². The van der Waals surface area contributed by atoms with Gasteiger partial charge in [-0.15, -0.1) is 0 Å². The van der Waals surface area contributed by atoms with Gasteiger partial charge in [-0.3, -0.25) is 4.79 Å². The number of nitrogens with one attached hydrogen (secondary N) is 1. The minimum absolute atomic E-state index is 0.192. The molecule has 0 unspecified atom stereocenters. The van der Waals surface area contributed by atoms with Crippen molar-refractivity contribution < 1.29 is 4.79 Å². The second kappa shape index (κ2) is 10.1. The zero-order valence-electron chi connectivity index (χ0n) is 14.4. The number of amides is 1. The number of hydrogen-bond acceptors (Lipinski definition) is 4. The molecule has 1 amide bonds. The van der Waals surface area contributed by atoms with Gasteiger partial charge in [0.1, 0.15) is 0 Å². The first-order valence-electron chi connectivity index (χ1n) is 8.29. The van der Waals surface area contributed by atoms with Crippen molar-refractivity contribution in [3.05, 3.63) is 0 Å². The van der Waals surface area contributed by atoms with Crippen LogP contribution in [0.3, 0.4) is 0 Å². The van der Waals surface area contributed by atoms with E-state index in [4.69, 9.17) is 0 Å². The van der Waals surface area contributed by atoms with Crippen LogP contribution in [0.4, 0.5) is 0 Å². The van der Waals surface area contributed by atoms with E-state index in [1.807, 2.05) is 0 Å². The third kappa shape index (κ3) is 7.79. The van der Waals surface area contributed by atoms with Gasteiger partial charge in [0.2, 0.25) is 5.91 Å². The molecule has 1 fully saturated rings. The van der Waals surface area contributed by atoms with E-state index in [-0.39, 0.29) is 5.92 Å². The van der Waals surface area contributed by atoms with Gasteiger partial charge in [0.25, 0.3) is 0 Å². The average Bonchev–Trinajstić information content (AvgIpc) is 2.45. The summed E-state index contributed by atoms with van der Waals surface area (Å²) in [5.74, 6) is 0.553. The number of rotatable bonds is 9. The first-order valence-corrected chi connectivity index (χ1v) is 8.29. The van der Waals surface area contributed by atoms with Crippen LogP contribution in [0.2, 0.25) is 0 Å². The molecule has 1 aliphatic heterocycles. The maximum absolute atomic E-state index is 12.7. The summed E-state index contributed by atoms with van der Waals surface area (Å²) in [6.07, 6.45) is 4.28. The van der Waals surface area contributed by atoms with Crippen molar-refractivity contribution in [1.82, 2.24) is 20.0 Å². The molecule has 1 rings (SSSR count). The predicted molar refractivity (Wildman–Crippen MR) is 88.5 cm³/mol. The quantitative estimate of drug-likeness (QED) is 0.681. The van der Waals surface area contributed by atoms with Crippen LogP contribution in [0.5, 0.6) is 0 Å². The van der Waals surface area contributed by atoms with Crippen molar-refractivity contribution in [2.45, 2.75) is 25.7 Å². The van der Waals surface area contributed by atoms with E-state index in [9.17, 15) is 4.79 Å². The Morgan fingerprint density at radius 3 is 2.00 bits per heavy atom. The van der Waals surface area contributed by atoms with Crippen molar-refractivity contribution in [2.24, 2.45) is 5.92 Å². The Bertz CT molecular complexity index is 274. The van der Waals surface area contributed by atoms with Crippen molar-refractivity contribution in [2.75, 3.05) is 67.5 Å².